The minimum Gasteiger partial charge on any atom is -1.00 e. The van der Waals surface area contributed by atoms with E-state index in [0.29, 0.717) is 0 Å². The molecule has 3 aromatic heterocycles. The number of hydrogen-bond donors (Lipinski definition) is 0. The summed E-state index contributed by atoms with van der Waals surface area (Å²) in [6, 6.07) is 14.3. The molecule has 1 aliphatic rings. The summed E-state index contributed by atoms with van der Waals surface area (Å²) in [6.07, 6.45) is 5.28. The number of aromatic nitrogens is 1. The number of rotatable bonds is 3. The summed E-state index contributed by atoms with van der Waals surface area (Å²) in [6.45, 7) is 2.34. The lowest BCUT2D eigenvalue weighted by Gasteiger charge is -2.18. The van der Waals surface area contributed by atoms with Gasteiger partial charge in [0.2, 0.25) is 0 Å². The Balaban J connectivity index is 0.00000192. The summed E-state index contributed by atoms with van der Waals surface area (Å²) >= 11 is 1.85. The standard InChI is InChI=1S/C23H21NO2S.ClH/c1-14-5-10-17-21(12-14)27-23-22(17)18(20-4-3-11-26-20)13-19(24-23)15-6-8-16(25-2)9-7-15;/h3-4,6-9,11,13-14H,5,10,12H2,1-2H3;1H/p-1. The third-order valence-electron chi connectivity index (χ3n) is 5.44. The molecule has 0 saturated carbocycles. The first-order chi connectivity index (χ1) is 13.2. The molecule has 0 bridgehead atoms. The first-order valence-corrected chi connectivity index (χ1v) is 10.2. The molecule has 0 aliphatic heterocycles. The van der Waals surface area contributed by atoms with E-state index in [1.807, 2.05) is 35.6 Å². The monoisotopic (exact) mass is 410 g/mol. The van der Waals surface area contributed by atoms with Crippen LogP contribution in [0.25, 0.3) is 32.8 Å². The van der Waals surface area contributed by atoms with E-state index in [0.717, 1.165) is 51.9 Å². The highest BCUT2D eigenvalue weighted by Gasteiger charge is 2.24. The van der Waals surface area contributed by atoms with Crippen molar-refractivity contribution < 1.29 is 21.6 Å². The summed E-state index contributed by atoms with van der Waals surface area (Å²) < 4.78 is 11.1. The lowest BCUT2D eigenvalue weighted by molar-refractivity contribution is -0.00000612. The fourth-order valence-electron chi connectivity index (χ4n) is 3.98. The Morgan fingerprint density at radius 2 is 2.00 bits per heavy atom. The van der Waals surface area contributed by atoms with Gasteiger partial charge >= 0.3 is 0 Å². The van der Waals surface area contributed by atoms with Crippen LogP contribution in [0.1, 0.15) is 23.8 Å². The van der Waals surface area contributed by atoms with E-state index in [1.54, 1.807) is 13.4 Å². The number of ether oxygens (including phenoxy) is 1. The SMILES string of the molecule is COc1ccc(-c2cc(-c3ccco3)c3c4c(sc3n2)CC(C)CC4)cc1.[Cl-]. The molecule has 3 nitrogen and oxygen atoms in total. The number of methoxy groups -OCH3 is 1. The van der Waals surface area contributed by atoms with Gasteiger partial charge in [-0.2, -0.15) is 0 Å². The maximum Gasteiger partial charge on any atom is 0.134 e. The molecule has 0 saturated heterocycles. The van der Waals surface area contributed by atoms with Crippen molar-refractivity contribution in [1.82, 2.24) is 4.98 Å². The minimum absolute atomic E-state index is 0. The van der Waals surface area contributed by atoms with Crippen LogP contribution in [0.5, 0.6) is 5.75 Å². The van der Waals surface area contributed by atoms with Gasteiger partial charge in [0.15, 0.2) is 0 Å². The Labute approximate surface area is 174 Å². The Morgan fingerprint density at radius 1 is 1.18 bits per heavy atom. The van der Waals surface area contributed by atoms with Gasteiger partial charge in [-0.25, -0.2) is 4.98 Å². The molecule has 4 aromatic rings. The van der Waals surface area contributed by atoms with Gasteiger partial charge in [0.05, 0.1) is 19.1 Å². The van der Waals surface area contributed by atoms with Gasteiger partial charge in [0, 0.05) is 21.4 Å². The summed E-state index contributed by atoms with van der Waals surface area (Å²) in [5.41, 5.74) is 4.70. The highest BCUT2D eigenvalue weighted by Crippen LogP contribution is 2.43. The maximum absolute atomic E-state index is 5.79. The topological polar surface area (TPSA) is 35.3 Å². The fraction of sp³-hybridized carbons (Fsp3) is 0.261. The second kappa shape index (κ2) is 7.61. The Morgan fingerprint density at radius 3 is 2.71 bits per heavy atom. The van der Waals surface area contributed by atoms with E-state index in [2.05, 4.69) is 25.1 Å². The average molecular weight is 411 g/mol. The van der Waals surface area contributed by atoms with Gasteiger partial charge in [-0.1, -0.05) is 6.92 Å². The zero-order chi connectivity index (χ0) is 18.4. The van der Waals surface area contributed by atoms with Gasteiger partial charge in [-0.05, 0) is 73.2 Å². The zero-order valence-electron chi connectivity index (χ0n) is 15.9. The quantitative estimate of drug-likeness (QED) is 0.519. The molecule has 5 heteroatoms. The maximum atomic E-state index is 5.79. The molecule has 0 spiro atoms. The van der Waals surface area contributed by atoms with E-state index in [-0.39, 0.29) is 12.4 Å². The molecule has 3 heterocycles. The van der Waals surface area contributed by atoms with E-state index in [1.165, 1.54) is 22.2 Å². The number of pyridine rings is 1. The normalized spacial score (nSPS) is 15.9. The minimum atomic E-state index is 0. The van der Waals surface area contributed by atoms with E-state index >= 15 is 0 Å². The van der Waals surface area contributed by atoms with Crippen LogP contribution in [-0.4, -0.2) is 12.1 Å². The Bertz CT molecular complexity index is 1100. The van der Waals surface area contributed by atoms with E-state index in [4.69, 9.17) is 14.1 Å². The summed E-state index contributed by atoms with van der Waals surface area (Å²) in [5, 5.41) is 1.29. The zero-order valence-corrected chi connectivity index (χ0v) is 17.4. The predicted molar refractivity (Wildman–Crippen MR) is 110 cm³/mol. The Hall–Kier alpha value is -2.30. The van der Waals surface area contributed by atoms with Crippen LogP contribution >= 0.6 is 11.3 Å². The second-order valence-corrected chi connectivity index (χ2v) is 8.38. The van der Waals surface area contributed by atoms with Crippen LogP contribution in [0.4, 0.5) is 0 Å². The molecule has 144 valence electrons. The molecular formula is C23H21ClNO2S-. The summed E-state index contributed by atoms with van der Waals surface area (Å²) in [5.74, 6) is 2.52. The van der Waals surface area contributed by atoms with Crippen LogP contribution in [0.2, 0.25) is 0 Å². The molecule has 1 atom stereocenters. The smallest absolute Gasteiger partial charge is 0.134 e. The molecule has 1 unspecified atom stereocenters. The van der Waals surface area contributed by atoms with Crippen molar-refractivity contribution in [3.8, 4) is 28.3 Å². The molecule has 0 N–H and O–H groups in total. The van der Waals surface area contributed by atoms with Crippen LogP contribution in [0, 0.1) is 5.92 Å². The number of benzene rings is 1. The highest BCUT2D eigenvalue weighted by atomic mass is 35.5. The van der Waals surface area contributed by atoms with Crippen molar-refractivity contribution in [2.75, 3.05) is 7.11 Å². The lowest BCUT2D eigenvalue weighted by Crippen LogP contribution is -3.00. The molecular weight excluding hydrogens is 390 g/mol. The first-order valence-electron chi connectivity index (χ1n) is 9.36. The van der Waals surface area contributed by atoms with Crippen molar-refractivity contribution in [2.45, 2.75) is 26.2 Å². The van der Waals surface area contributed by atoms with Gasteiger partial charge in [0.25, 0.3) is 0 Å². The highest BCUT2D eigenvalue weighted by molar-refractivity contribution is 7.19. The summed E-state index contributed by atoms with van der Waals surface area (Å²) in [7, 11) is 1.69. The van der Waals surface area contributed by atoms with Crippen LogP contribution in [0.3, 0.4) is 0 Å². The van der Waals surface area contributed by atoms with Crippen LogP contribution < -0.4 is 17.1 Å². The largest absolute Gasteiger partial charge is 1.00 e. The van der Waals surface area contributed by atoms with Gasteiger partial charge < -0.3 is 21.6 Å². The van der Waals surface area contributed by atoms with Crippen molar-refractivity contribution in [2.24, 2.45) is 5.92 Å². The summed E-state index contributed by atoms with van der Waals surface area (Å²) in [4.78, 5) is 7.65. The van der Waals surface area contributed by atoms with Gasteiger partial charge in [-0.3, -0.25) is 0 Å². The molecule has 1 aromatic carbocycles. The third kappa shape index (κ3) is 3.21. The molecule has 0 radical (unpaired) electrons. The number of aryl methyl sites for hydroxylation is 1. The fourth-order valence-corrected chi connectivity index (χ4v) is 5.39. The number of fused-ring (bicyclic) bond motifs is 3. The molecule has 0 amide bonds. The predicted octanol–water partition coefficient (Wildman–Crippen LogP) is 3.36. The van der Waals surface area contributed by atoms with Crippen molar-refractivity contribution in [1.29, 1.82) is 0 Å². The van der Waals surface area contributed by atoms with Crippen molar-refractivity contribution in [3.63, 3.8) is 0 Å². The number of furan rings is 1. The lowest BCUT2D eigenvalue weighted by atomic mass is 9.88. The number of hydrogen-bond acceptors (Lipinski definition) is 4. The van der Waals surface area contributed by atoms with Gasteiger partial charge in [-0.15, -0.1) is 11.3 Å². The number of thiophene rings is 1. The molecule has 0 fully saturated rings. The molecule has 28 heavy (non-hydrogen) atoms. The van der Waals surface area contributed by atoms with Gasteiger partial charge in [0.1, 0.15) is 16.3 Å². The van der Waals surface area contributed by atoms with Crippen molar-refractivity contribution >= 4 is 21.6 Å². The Kier molecular flexibility index (Phi) is 5.17. The number of halogens is 1. The second-order valence-electron chi connectivity index (χ2n) is 7.29. The van der Waals surface area contributed by atoms with Crippen molar-refractivity contribution in [3.05, 3.63) is 59.2 Å². The third-order valence-corrected chi connectivity index (χ3v) is 6.59. The number of nitrogens with zero attached hydrogens (tertiary/aromatic N) is 1. The first kappa shape index (κ1) is 19.0. The van der Waals surface area contributed by atoms with Crippen LogP contribution in [-0.2, 0) is 12.8 Å². The molecule has 1 aliphatic carbocycles. The average Bonchev–Trinajstić information content (AvgIpc) is 3.34. The molecule has 5 rings (SSSR count). The van der Waals surface area contributed by atoms with E-state index < -0.39 is 0 Å². The van der Waals surface area contributed by atoms with E-state index in [9.17, 15) is 0 Å². The van der Waals surface area contributed by atoms with Crippen LogP contribution in [0.15, 0.2) is 53.1 Å².